The van der Waals surface area contributed by atoms with E-state index in [4.69, 9.17) is 0 Å². The molecule has 3 nitrogen and oxygen atoms in total. The number of aryl methyl sites for hydroxylation is 1. The standard InChI is InChI=1S/C11H8FNO2S/c1-6-9(11(14)15)16-10(13-6)7-4-2-3-5-8(7)12/h2-5H,1H3,(H,14,15)/p-1. The number of carboxylic acid groups (broad SMARTS) is 1. The van der Waals surface area contributed by atoms with Crippen LogP contribution < -0.4 is 5.11 Å². The SMILES string of the molecule is Cc1nc(-c2ccccc2F)sc1C(=O)[O-]. The Labute approximate surface area is 95.2 Å². The zero-order valence-electron chi connectivity index (χ0n) is 8.36. The smallest absolute Gasteiger partial charge is 0.133 e. The van der Waals surface area contributed by atoms with E-state index in [9.17, 15) is 14.3 Å². The lowest BCUT2D eigenvalue weighted by Gasteiger charge is -1.97. The topological polar surface area (TPSA) is 53.0 Å². The minimum atomic E-state index is -1.28. The molecule has 0 radical (unpaired) electrons. The maximum Gasteiger partial charge on any atom is 0.133 e. The normalized spacial score (nSPS) is 10.4. The predicted molar refractivity (Wildman–Crippen MR) is 56.6 cm³/mol. The van der Waals surface area contributed by atoms with E-state index in [-0.39, 0.29) is 4.88 Å². The van der Waals surface area contributed by atoms with E-state index in [0.717, 1.165) is 11.3 Å². The van der Waals surface area contributed by atoms with Crippen LogP contribution in [0.1, 0.15) is 15.4 Å². The van der Waals surface area contributed by atoms with Crippen molar-refractivity contribution in [3.8, 4) is 10.6 Å². The summed E-state index contributed by atoms with van der Waals surface area (Å²) >= 11 is 0.922. The van der Waals surface area contributed by atoms with Gasteiger partial charge in [0.15, 0.2) is 0 Å². The molecule has 0 fully saturated rings. The van der Waals surface area contributed by atoms with Crippen LogP contribution in [-0.4, -0.2) is 11.0 Å². The van der Waals surface area contributed by atoms with Gasteiger partial charge in [-0.2, -0.15) is 0 Å². The third kappa shape index (κ3) is 1.81. The molecule has 5 heteroatoms. The monoisotopic (exact) mass is 236 g/mol. The van der Waals surface area contributed by atoms with Gasteiger partial charge in [0.1, 0.15) is 10.8 Å². The fraction of sp³-hybridized carbons (Fsp3) is 0.0909. The third-order valence-corrected chi connectivity index (χ3v) is 3.26. The first-order chi connectivity index (χ1) is 7.59. The molecule has 0 aliphatic carbocycles. The maximum absolute atomic E-state index is 13.4. The molecule has 16 heavy (non-hydrogen) atoms. The van der Waals surface area contributed by atoms with Crippen molar-refractivity contribution in [1.82, 2.24) is 4.98 Å². The molecule has 2 rings (SSSR count). The number of hydrogen-bond donors (Lipinski definition) is 0. The van der Waals surface area contributed by atoms with E-state index in [0.29, 0.717) is 16.3 Å². The number of aromatic nitrogens is 1. The van der Waals surface area contributed by atoms with Crippen molar-refractivity contribution in [3.05, 3.63) is 40.7 Å². The first kappa shape index (κ1) is 10.8. The van der Waals surface area contributed by atoms with Gasteiger partial charge in [-0.25, -0.2) is 9.37 Å². The zero-order valence-corrected chi connectivity index (χ0v) is 9.18. The average Bonchev–Trinajstić information content (AvgIpc) is 2.61. The summed E-state index contributed by atoms with van der Waals surface area (Å²) in [5.74, 6) is -1.70. The number of carboxylic acids is 1. The molecule has 0 unspecified atom stereocenters. The van der Waals surface area contributed by atoms with E-state index in [1.807, 2.05) is 0 Å². The minimum Gasteiger partial charge on any atom is -0.544 e. The lowest BCUT2D eigenvalue weighted by Crippen LogP contribution is -2.21. The summed E-state index contributed by atoms with van der Waals surface area (Å²) in [5, 5.41) is 11.1. The number of rotatable bonds is 2. The number of halogens is 1. The average molecular weight is 236 g/mol. The highest BCUT2D eigenvalue weighted by Crippen LogP contribution is 2.29. The lowest BCUT2D eigenvalue weighted by molar-refractivity contribution is -0.254. The first-order valence-corrected chi connectivity index (χ1v) is 5.35. The van der Waals surface area contributed by atoms with E-state index < -0.39 is 11.8 Å². The van der Waals surface area contributed by atoms with Gasteiger partial charge in [0.25, 0.3) is 0 Å². The molecule has 0 bridgehead atoms. The summed E-state index contributed by atoms with van der Waals surface area (Å²) in [6.45, 7) is 1.56. The van der Waals surface area contributed by atoms with Crippen LogP contribution in [0.25, 0.3) is 10.6 Å². The number of thiazole rings is 1. The Bertz CT molecular complexity index is 551. The van der Waals surface area contributed by atoms with Gasteiger partial charge >= 0.3 is 0 Å². The van der Waals surface area contributed by atoms with Gasteiger partial charge in [-0.1, -0.05) is 12.1 Å². The summed E-state index contributed by atoms with van der Waals surface area (Å²) in [6, 6.07) is 6.12. The van der Waals surface area contributed by atoms with Crippen molar-refractivity contribution < 1.29 is 14.3 Å². The molecule has 1 heterocycles. The lowest BCUT2D eigenvalue weighted by atomic mass is 10.2. The van der Waals surface area contributed by atoms with E-state index in [1.165, 1.54) is 6.07 Å². The number of carbonyl (C=O) groups excluding carboxylic acids is 1. The van der Waals surface area contributed by atoms with Gasteiger partial charge < -0.3 is 9.90 Å². The second kappa shape index (κ2) is 4.02. The minimum absolute atomic E-state index is 0.0400. The molecule has 1 aromatic heterocycles. The van der Waals surface area contributed by atoms with Crippen molar-refractivity contribution in [3.63, 3.8) is 0 Å². The van der Waals surface area contributed by atoms with Crippen LogP contribution in [0.5, 0.6) is 0 Å². The molecule has 0 spiro atoms. The van der Waals surface area contributed by atoms with Crippen molar-refractivity contribution in [2.75, 3.05) is 0 Å². The van der Waals surface area contributed by atoms with Crippen molar-refractivity contribution in [2.24, 2.45) is 0 Å². The second-order valence-corrected chi connectivity index (χ2v) is 4.20. The van der Waals surface area contributed by atoms with Gasteiger partial charge in [0.05, 0.1) is 16.5 Å². The van der Waals surface area contributed by atoms with Crippen molar-refractivity contribution in [1.29, 1.82) is 0 Å². The Balaban J connectivity index is 2.54. The molecule has 0 aliphatic rings. The van der Waals surface area contributed by atoms with Gasteiger partial charge in [-0.05, 0) is 19.1 Å². The molecular formula is C11H7FNO2S-. The number of nitrogens with zero attached hydrogens (tertiary/aromatic N) is 1. The van der Waals surface area contributed by atoms with Crippen LogP contribution in [0.15, 0.2) is 24.3 Å². The summed E-state index contributed by atoms with van der Waals surface area (Å²) in [6.07, 6.45) is 0. The van der Waals surface area contributed by atoms with Crippen LogP contribution >= 0.6 is 11.3 Å². The molecule has 1 aromatic carbocycles. The van der Waals surface area contributed by atoms with E-state index in [1.54, 1.807) is 25.1 Å². The Kier molecular flexibility index (Phi) is 2.70. The largest absolute Gasteiger partial charge is 0.544 e. The molecule has 2 aromatic rings. The first-order valence-electron chi connectivity index (χ1n) is 4.53. The van der Waals surface area contributed by atoms with Gasteiger partial charge in [0.2, 0.25) is 0 Å². The van der Waals surface area contributed by atoms with Crippen LogP contribution in [0.2, 0.25) is 0 Å². The van der Waals surface area contributed by atoms with Crippen LogP contribution in [-0.2, 0) is 0 Å². The fourth-order valence-corrected chi connectivity index (χ4v) is 2.26. The summed E-state index contributed by atoms with van der Waals surface area (Å²) < 4.78 is 13.4. The third-order valence-electron chi connectivity index (χ3n) is 2.09. The molecule has 0 N–H and O–H groups in total. The Morgan fingerprint density at radius 2 is 2.12 bits per heavy atom. The molecule has 0 amide bonds. The predicted octanol–water partition coefficient (Wildman–Crippen LogP) is 1.62. The fourth-order valence-electron chi connectivity index (χ4n) is 1.34. The van der Waals surface area contributed by atoms with Crippen LogP contribution in [0, 0.1) is 12.7 Å². The highest BCUT2D eigenvalue weighted by atomic mass is 32.1. The number of hydrogen-bond acceptors (Lipinski definition) is 4. The quantitative estimate of drug-likeness (QED) is 0.796. The molecule has 0 atom stereocenters. The summed E-state index contributed by atoms with van der Waals surface area (Å²) in [5.41, 5.74) is 0.659. The van der Waals surface area contributed by atoms with Crippen LogP contribution in [0.4, 0.5) is 4.39 Å². The number of aromatic carboxylic acids is 1. The van der Waals surface area contributed by atoms with E-state index >= 15 is 0 Å². The van der Waals surface area contributed by atoms with Gasteiger partial charge in [-0.3, -0.25) is 0 Å². The molecular weight excluding hydrogens is 229 g/mol. The van der Waals surface area contributed by atoms with Crippen molar-refractivity contribution in [2.45, 2.75) is 6.92 Å². The molecule has 82 valence electrons. The Morgan fingerprint density at radius 1 is 1.44 bits per heavy atom. The van der Waals surface area contributed by atoms with Crippen LogP contribution in [0.3, 0.4) is 0 Å². The number of carbonyl (C=O) groups is 1. The summed E-state index contributed by atoms with van der Waals surface area (Å²) in [7, 11) is 0. The number of benzene rings is 1. The molecule has 0 saturated heterocycles. The second-order valence-electron chi connectivity index (χ2n) is 3.20. The van der Waals surface area contributed by atoms with Gasteiger partial charge in [-0.15, -0.1) is 11.3 Å². The molecule has 0 saturated carbocycles. The van der Waals surface area contributed by atoms with Gasteiger partial charge in [0, 0.05) is 5.56 Å². The zero-order chi connectivity index (χ0) is 11.7. The Hall–Kier alpha value is -1.75. The highest BCUT2D eigenvalue weighted by Gasteiger charge is 2.12. The Morgan fingerprint density at radius 3 is 2.69 bits per heavy atom. The highest BCUT2D eigenvalue weighted by molar-refractivity contribution is 7.17. The van der Waals surface area contributed by atoms with E-state index in [2.05, 4.69) is 4.98 Å². The maximum atomic E-state index is 13.4. The summed E-state index contributed by atoms with van der Waals surface area (Å²) in [4.78, 5) is 14.8. The van der Waals surface area contributed by atoms with Crippen molar-refractivity contribution >= 4 is 17.3 Å². The molecule has 0 aliphatic heterocycles.